The van der Waals surface area contributed by atoms with Crippen LogP contribution in [-0.4, -0.2) is 19.6 Å². The van der Waals surface area contributed by atoms with E-state index in [0.717, 1.165) is 28.5 Å². The molecule has 0 spiro atoms. The lowest BCUT2D eigenvalue weighted by atomic mass is 9.91. The van der Waals surface area contributed by atoms with Crippen LogP contribution in [0, 0.1) is 13.8 Å². The molecule has 0 bridgehead atoms. The van der Waals surface area contributed by atoms with Crippen LogP contribution in [0.5, 0.6) is 0 Å². The highest BCUT2D eigenvalue weighted by molar-refractivity contribution is 5.35. The van der Waals surface area contributed by atoms with Gasteiger partial charge < -0.3 is 5.11 Å². The van der Waals surface area contributed by atoms with Gasteiger partial charge in [-0.2, -0.15) is 0 Å². The monoisotopic (exact) mass is 259 g/mol. The topological polar surface area (TPSA) is 50.9 Å². The first-order valence-corrected chi connectivity index (χ1v) is 6.46. The highest BCUT2D eigenvalue weighted by Crippen LogP contribution is 2.23. The second-order valence-electron chi connectivity index (χ2n) is 5.91. The van der Waals surface area contributed by atoms with Crippen molar-refractivity contribution in [1.29, 1.82) is 0 Å². The zero-order valence-electron chi connectivity index (χ0n) is 12.2. The minimum absolute atomic E-state index is 0.0192. The molecular weight excluding hydrogens is 238 g/mol. The van der Waals surface area contributed by atoms with E-state index in [2.05, 4.69) is 25.8 Å². The van der Waals surface area contributed by atoms with E-state index >= 15 is 0 Å². The van der Waals surface area contributed by atoms with E-state index < -0.39 is 0 Å². The third kappa shape index (κ3) is 2.68. The van der Waals surface area contributed by atoms with E-state index in [1.165, 1.54) is 0 Å². The molecule has 2 aromatic heterocycles. The van der Waals surface area contributed by atoms with Crippen molar-refractivity contribution in [3.63, 3.8) is 0 Å². The summed E-state index contributed by atoms with van der Waals surface area (Å²) in [7, 11) is 0. The van der Waals surface area contributed by atoms with Gasteiger partial charge in [0.05, 0.1) is 12.3 Å². The summed E-state index contributed by atoms with van der Waals surface area (Å²) in [4.78, 5) is 9.01. The summed E-state index contributed by atoms with van der Waals surface area (Å²) in [5.74, 6) is 0.814. The fraction of sp³-hybridized carbons (Fsp3) is 0.467. The smallest absolute Gasteiger partial charge is 0.138 e. The molecule has 0 atom stereocenters. The van der Waals surface area contributed by atoms with Gasteiger partial charge in [-0.25, -0.2) is 9.97 Å². The van der Waals surface area contributed by atoms with Crippen molar-refractivity contribution in [2.24, 2.45) is 0 Å². The molecule has 0 fully saturated rings. The van der Waals surface area contributed by atoms with Crippen LogP contribution in [-0.2, 0) is 12.0 Å². The molecule has 0 aliphatic rings. The SMILES string of the molecule is Cc1ncn(-c2cc(CO)cc(C(C)(C)C)n2)c1C. The summed E-state index contributed by atoms with van der Waals surface area (Å²) >= 11 is 0. The number of hydrogen-bond acceptors (Lipinski definition) is 3. The maximum atomic E-state index is 9.42. The second-order valence-corrected chi connectivity index (χ2v) is 5.91. The first-order valence-electron chi connectivity index (χ1n) is 6.46. The number of aromatic nitrogens is 3. The normalized spacial score (nSPS) is 11.9. The van der Waals surface area contributed by atoms with E-state index in [1.807, 2.05) is 30.5 Å². The first kappa shape index (κ1) is 13.7. The zero-order chi connectivity index (χ0) is 14.2. The number of pyridine rings is 1. The molecule has 102 valence electrons. The minimum Gasteiger partial charge on any atom is -0.392 e. The Morgan fingerprint density at radius 3 is 2.37 bits per heavy atom. The molecule has 4 heteroatoms. The van der Waals surface area contributed by atoms with Crippen LogP contribution >= 0.6 is 0 Å². The molecule has 0 aliphatic heterocycles. The summed E-state index contributed by atoms with van der Waals surface area (Å²) in [6.07, 6.45) is 1.78. The van der Waals surface area contributed by atoms with Crippen LogP contribution in [0.3, 0.4) is 0 Å². The van der Waals surface area contributed by atoms with Gasteiger partial charge >= 0.3 is 0 Å². The molecule has 0 unspecified atom stereocenters. The summed E-state index contributed by atoms with van der Waals surface area (Å²) in [6, 6.07) is 3.87. The quantitative estimate of drug-likeness (QED) is 0.902. The van der Waals surface area contributed by atoms with E-state index in [4.69, 9.17) is 4.98 Å². The summed E-state index contributed by atoms with van der Waals surface area (Å²) in [5, 5.41) is 9.42. The highest BCUT2D eigenvalue weighted by atomic mass is 16.3. The Bertz CT molecular complexity index is 594. The van der Waals surface area contributed by atoms with Crippen molar-refractivity contribution in [2.45, 2.75) is 46.6 Å². The maximum Gasteiger partial charge on any atom is 0.138 e. The van der Waals surface area contributed by atoms with Gasteiger partial charge in [0.1, 0.15) is 12.1 Å². The first-order chi connectivity index (χ1) is 8.82. The van der Waals surface area contributed by atoms with E-state index in [-0.39, 0.29) is 12.0 Å². The third-order valence-corrected chi connectivity index (χ3v) is 3.32. The molecule has 1 N–H and O–H groups in total. The van der Waals surface area contributed by atoms with Crippen LogP contribution in [0.25, 0.3) is 5.82 Å². The number of aryl methyl sites for hydroxylation is 1. The Morgan fingerprint density at radius 2 is 1.89 bits per heavy atom. The molecule has 0 saturated carbocycles. The second kappa shape index (κ2) is 4.78. The molecule has 2 heterocycles. The van der Waals surface area contributed by atoms with Gasteiger partial charge in [-0.1, -0.05) is 20.8 Å². The molecule has 19 heavy (non-hydrogen) atoms. The average Bonchev–Trinajstić information content (AvgIpc) is 2.68. The van der Waals surface area contributed by atoms with Crippen molar-refractivity contribution in [1.82, 2.24) is 14.5 Å². The van der Waals surface area contributed by atoms with Gasteiger partial charge in [0.25, 0.3) is 0 Å². The van der Waals surface area contributed by atoms with Crippen LogP contribution in [0.4, 0.5) is 0 Å². The van der Waals surface area contributed by atoms with E-state index in [9.17, 15) is 5.11 Å². The minimum atomic E-state index is -0.0521. The number of aliphatic hydroxyl groups is 1. The maximum absolute atomic E-state index is 9.42. The number of rotatable bonds is 2. The van der Waals surface area contributed by atoms with Gasteiger partial charge in [-0.15, -0.1) is 0 Å². The lowest BCUT2D eigenvalue weighted by molar-refractivity contribution is 0.281. The molecule has 0 radical (unpaired) electrons. The van der Waals surface area contributed by atoms with Gasteiger partial charge in [-0.3, -0.25) is 4.57 Å². The number of hydrogen-bond donors (Lipinski definition) is 1. The average molecular weight is 259 g/mol. The molecule has 2 aromatic rings. The lowest BCUT2D eigenvalue weighted by Gasteiger charge is -2.20. The highest BCUT2D eigenvalue weighted by Gasteiger charge is 2.18. The predicted octanol–water partition coefficient (Wildman–Crippen LogP) is 2.67. The van der Waals surface area contributed by atoms with Crippen LogP contribution in [0.15, 0.2) is 18.5 Å². The standard InChI is InChI=1S/C15H21N3O/c1-10-11(2)18(9-16-10)14-7-12(8-19)6-13(17-14)15(3,4)5/h6-7,9,19H,8H2,1-5H3. The van der Waals surface area contributed by atoms with Crippen LogP contribution in [0.1, 0.15) is 43.4 Å². The fourth-order valence-corrected chi connectivity index (χ4v) is 1.90. The predicted molar refractivity (Wildman–Crippen MR) is 75.5 cm³/mol. The largest absolute Gasteiger partial charge is 0.392 e. The Balaban J connectivity index is 2.61. The molecular formula is C15H21N3O. The van der Waals surface area contributed by atoms with Crippen molar-refractivity contribution in [2.75, 3.05) is 0 Å². The van der Waals surface area contributed by atoms with Crippen molar-refractivity contribution in [3.8, 4) is 5.82 Å². The van der Waals surface area contributed by atoms with Gasteiger partial charge in [0.15, 0.2) is 0 Å². The summed E-state index contributed by atoms with van der Waals surface area (Å²) in [6.45, 7) is 10.4. The molecule has 0 amide bonds. The molecule has 0 saturated heterocycles. The van der Waals surface area contributed by atoms with E-state index in [1.54, 1.807) is 6.33 Å². The third-order valence-electron chi connectivity index (χ3n) is 3.32. The molecule has 0 aromatic carbocycles. The van der Waals surface area contributed by atoms with Gasteiger partial charge in [-0.05, 0) is 31.5 Å². The molecule has 0 aliphatic carbocycles. The zero-order valence-corrected chi connectivity index (χ0v) is 12.2. The van der Waals surface area contributed by atoms with Gasteiger partial charge in [0.2, 0.25) is 0 Å². The molecule has 2 rings (SSSR count). The van der Waals surface area contributed by atoms with Crippen LogP contribution < -0.4 is 0 Å². The number of nitrogens with zero attached hydrogens (tertiary/aromatic N) is 3. The van der Waals surface area contributed by atoms with E-state index in [0.29, 0.717) is 0 Å². The Labute approximate surface area is 114 Å². The summed E-state index contributed by atoms with van der Waals surface area (Å²) in [5.41, 5.74) is 3.86. The van der Waals surface area contributed by atoms with Crippen LogP contribution in [0.2, 0.25) is 0 Å². The Hall–Kier alpha value is -1.68. The number of imidazole rings is 1. The van der Waals surface area contributed by atoms with Crippen molar-refractivity contribution in [3.05, 3.63) is 41.1 Å². The molecule has 4 nitrogen and oxygen atoms in total. The fourth-order valence-electron chi connectivity index (χ4n) is 1.90. The van der Waals surface area contributed by atoms with Crippen molar-refractivity contribution < 1.29 is 5.11 Å². The number of aliphatic hydroxyl groups excluding tert-OH is 1. The Morgan fingerprint density at radius 1 is 1.21 bits per heavy atom. The van der Waals surface area contributed by atoms with Crippen molar-refractivity contribution >= 4 is 0 Å². The Kier molecular flexibility index (Phi) is 3.45. The lowest BCUT2D eigenvalue weighted by Crippen LogP contribution is -2.16. The van der Waals surface area contributed by atoms with Gasteiger partial charge in [0, 0.05) is 16.8 Å². The summed E-state index contributed by atoms with van der Waals surface area (Å²) < 4.78 is 1.96.